The van der Waals surface area contributed by atoms with Crippen molar-refractivity contribution in [1.82, 2.24) is 20.4 Å². The Morgan fingerprint density at radius 3 is 2.77 bits per heavy atom. The molecule has 1 aromatic heterocycles. The summed E-state index contributed by atoms with van der Waals surface area (Å²) < 4.78 is 5.01. The molecule has 3 N–H and O–H groups in total. The van der Waals surface area contributed by atoms with E-state index in [0.717, 1.165) is 37.8 Å². The van der Waals surface area contributed by atoms with Crippen molar-refractivity contribution in [2.24, 2.45) is 26.6 Å². The number of rotatable bonds is 6. The lowest BCUT2D eigenvalue weighted by atomic mass is 9.70. The van der Waals surface area contributed by atoms with Crippen molar-refractivity contribution < 1.29 is 14.3 Å². The quantitative estimate of drug-likeness (QED) is 0.175. The third kappa shape index (κ3) is 4.46. The molecule has 0 bridgehead atoms. The molecule has 1 saturated heterocycles. The predicted molar refractivity (Wildman–Crippen MR) is 111 cm³/mol. The Morgan fingerprint density at radius 1 is 1.32 bits per heavy atom. The lowest BCUT2D eigenvalue weighted by Crippen LogP contribution is -2.42. The number of amides is 1. The molecule has 1 atom stereocenters. The van der Waals surface area contributed by atoms with E-state index in [1.165, 1.54) is 12.4 Å². The Hall–Kier alpha value is -3.21. The van der Waals surface area contributed by atoms with Crippen LogP contribution in [-0.2, 0) is 20.9 Å². The summed E-state index contributed by atoms with van der Waals surface area (Å²) in [4.78, 5) is 30.4. The van der Waals surface area contributed by atoms with E-state index in [9.17, 15) is 9.59 Å². The summed E-state index contributed by atoms with van der Waals surface area (Å²) in [6.07, 6.45) is 6.98. The molecule has 1 spiro atoms. The van der Waals surface area contributed by atoms with Crippen LogP contribution >= 0.6 is 0 Å². The highest BCUT2D eigenvalue weighted by molar-refractivity contribution is 5.91. The molecule has 31 heavy (non-hydrogen) atoms. The van der Waals surface area contributed by atoms with E-state index in [1.54, 1.807) is 11.0 Å². The van der Waals surface area contributed by atoms with Crippen LogP contribution in [0.25, 0.3) is 0 Å². The minimum Gasteiger partial charge on any atom is -0.456 e. The van der Waals surface area contributed by atoms with Gasteiger partial charge in [0.05, 0.1) is 16.8 Å². The molecule has 11 heteroatoms. The number of hydrogen-bond acceptors (Lipinski definition) is 8. The first-order valence-corrected chi connectivity index (χ1v) is 10.4. The van der Waals surface area contributed by atoms with Crippen molar-refractivity contribution in [3.63, 3.8) is 0 Å². The first-order valence-electron chi connectivity index (χ1n) is 10.4. The summed E-state index contributed by atoms with van der Waals surface area (Å²) >= 11 is 0. The zero-order valence-electron chi connectivity index (χ0n) is 17.4. The standard InChI is InChI=1S/C20H26N8O3/c1-13-9-20(19(30)28(13)16-8-18(29)31-11-16)6-4-14(5-7-20)22-10-15-2-3-17(26-25-15)23-12-24-27-21/h2-3,8,12-14,22H,4-7,9-11H2,1H3,(H2,21,23,24,26)/t13-,14?,20?/m0/s1. The van der Waals surface area contributed by atoms with Crippen molar-refractivity contribution in [1.29, 1.82) is 0 Å². The van der Waals surface area contributed by atoms with Gasteiger partial charge in [0, 0.05) is 24.7 Å². The van der Waals surface area contributed by atoms with Crippen LogP contribution in [0.15, 0.2) is 39.2 Å². The zero-order chi connectivity index (χ0) is 21.8. The molecule has 4 rings (SSSR count). The fourth-order valence-corrected chi connectivity index (χ4v) is 4.79. The monoisotopic (exact) mass is 426 g/mol. The number of aromatic nitrogens is 2. The Labute approximate surface area is 179 Å². The molecule has 2 aliphatic heterocycles. The number of esters is 1. The molecule has 0 unspecified atom stereocenters. The van der Waals surface area contributed by atoms with Gasteiger partial charge in [-0.25, -0.2) is 9.79 Å². The second kappa shape index (κ2) is 8.88. The second-order valence-electron chi connectivity index (χ2n) is 8.27. The maximum atomic E-state index is 13.2. The van der Waals surface area contributed by atoms with E-state index >= 15 is 0 Å². The van der Waals surface area contributed by atoms with Crippen LogP contribution < -0.4 is 11.2 Å². The topological polar surface area (TPSA) is 148 Å². The molecular weight excluding hydrogens is 400 g/mol. The van der Waals surface area contributed by atoms with Crippen LogP contribution in [0.5, 0.6) is 0 Å². The molecule has 1 saturated carbocycles. The van der Waals surface area contributed by atoms with Crippen LogP contribution in [-0.4, -0.2) is 52.0 Å². The normalized spacial score (nSPS) is 28.8. The molecule has 1 amide bonds. The van der Waals surface area contributed by atoms with E-state index in [0.29, 0.717) is 24.1 Å². The number of cyclic esters (lactones) is 1. The average molecular weight is 426 g/mol. The van der Waals surface area contributed by atoms with Crippen LogP contribution in [0.2, 0.25) is 0 Å². The van der Waals surface area contributed by atoms with Crippen LogP contribution in [0.1, 0.15) is 44.7 Å². The maximum Gasteiger partial charge on any atom is 0.333 e. The number of nitrogens with zero attached hydrogens (tertiary/aromatic N) is 6. The lowest BCUT2D eigenvalue weighted by molar-refractivity contribution is -0.138. The molecule has 1 aliphatic carbocycles. The molecule has 11 nitrogen and oxygen atoms in total. The van der Waals surface area contributed by atoms with Gasteiger partial charge in [0.25, 0.3) is 0 Å². The van der Waals surface area contributed by atoms with Gasteiger partial charge in [0.15, 0.2) is 5.82 Å². The number of hydrogen-bond donors (Lipinski definition) is 2. The molecule has 3 aliphatic rings. The van der Waals surface area contributed by atoms with Crippen LogP contribution in [0.4, 0.5) is 5.82 Å². The molecule has 3 heterocycles. The summed E-state index contributed by atoms with van der Waals surface area (Å²) in [6.45, 7) is 2.84. The van der Waals surface area contributed by atoms with Gasteiger partial charge < -0.3 is 20.8 Å². The fourth-order valence-electron chi connectivity index (χ4n) is 4.79. The Bertz CT molecular complexity index is 919. The Balaban J connectivity index is 1.29. The Morgan fingerprint density at radius 2 is 2.13 bits per heavy atom. The van der Waals surface area contributed by atoms with E-state index in [1.807, 2.05) is 13.0 Å². The highest BCUT2D eigenvalue weighted by atomic mass is 16.5. The van der Waals surface area contributed by atoms with Crippen molar-refractivity contribution in [3.05, 3.63) is 29.6 Å². The molecular formula is C20H26N8O3. The van der Waals surface area contributed by atoms with E-state index < -0.39 is 0 Å². The van der Waals surface area contributed by atoms with Gasteiger partial charge in [-0.1, -0.05) is 5.22 Å². The molecule has 0 aromatic carbocycles. The van der Waals surface area contributed by atoms with Crippen LogP contribution in [0.3, 0.4) is 0 Å². The minimum absolute atomic E-state index is 0.0838. The summed E-state index contributed by atoms with van der Waals surface area (Å²) in [6, 6.07) is 4.01. The summed E-state index contributed by atoms with van der Waals surface area (Å²) in [5.74, 6) is 5.10. The van der Waals surface area contributed by atoms with Crippen molar-refractivity contribution in [2.75, 3.05) is 6.61 Å². The van der Waals surface area contributed by atoms with Gasteiger partial charge in [-0.2, -0.15) is 5.10 Å². The largest absolute Gasteiger partial charge is 0.456 e. The van der Waals surface area contributed by atoms with Gasteiger partial charge in [-0.05, 0) is 51.2 Å². The highest BCUT2D eigenvalue weighted by Gasteiger charge is 2.52. The van der Waals surface area contributed by atoms with Crippen molar-refractivity contribution in [2.45, 2.75) is 57.7 Å². The number of nitrogens with two attached hydrogens (primary N) is 1. The first kappa shape index (κ1) is 21.0. The van der Waals surface area contributed by atoms with E-state index in [4.69, 9.17) is 10.6 Å². The van der Waals surface area contributed by atoms with Crippen molar-refractivity contribution in [3.8, 4) is 0 Å². The van der Waals surface area contributed by atoms with Crippen molar-refractivity contribution >= 4 is 24.0 Å². The van der Waals surface area contributed by atoms with Gasteiger partial charge in [0.1, 0.15) is 12.9 Å². The van der Waals surface area contributed by atoms with Gasteiger partial charge in [0.2, 0.25) is 5.91 Å². The average Bonchev–Trinajstić information content (AvgIpc) is 3.29. The minimum atomic E-state index is -0.368. The molecule has 164 valence electrons. The number of aliphatic imine (C=N–C) groups is 1. The smallest absolute Gasteiger partial charge is 0.333 e. The molecule has 2 fully saturated rings. The summed E-state index contributed by atoms with van der Waals surface area (Å²) in [5, 5.41) is 18.2. The predicted octanol–water partition coefficient (Wildman–Crippen LogP) is 1.54. The first-order chi connectivity index (χ1) is 15.0. The highest BCUT2D eigenvalue weighted by Crippen LogP contribution is 2.48. The third-order valence-electron chi connectivity index (χ3n) is 6.28. The number of carbonyl (C=O) groups excluding carboxylic acids is 2. The van der Waals surface area contributed by atoms with Crippen LogP contribution in [0, 0.1) is 5.41 Å². The van der Waals surface area contributed by atoms with Gasteiger partial charge >= 0.3 is 5.97 Å². The molecule has 0 radical (unpaired) electrons. The fraction of sp³-hybridized carbons (Fsp3) is 0.550. The van der Waals surface area contributed by atoms with Gasteiger partial charge in [-0.3, -0.25) is 4.79 Å². The zero-order valence-corrected chi connectivity index (χ0v) is 17.4. The third-order valence-corrected chi connectivity index (χ3v) is 6.28. The SMILES string of the molecule is C[C@H]1CC2(CCC(NCc3ccc(N=CN=NN)nn3)CC2)C(=O)N1C1=CC(=O)OC1. The lowest BCUT2D eigenvalue weighted by Gasteiger charge is -2.36. The van der Waals surface area contributed by atoms with E-state index in [2.05, 4.69) is 30.8 Å². The number of nitrogens with one attached hydrogen (secondary N) is 1. The van der Waals surface area contributed by atoms with Gasteiger partial charge in [-0.15, -0.1) is 10.2 Å². The Kier molecular flexibility index (Phi) is 6.03. The summed E-state index contributed by atoms with van der Waals surface area (Å²) in [5.41, 5.74) is 1.18. The molecule has 1 aromatic rings. The number of likely N-dealkylation sites (tertiary alicyclic amines) is 1. The summed E-state index contributed by atoms with van der Waals surface area (Å²) in [7, 11) is 0. The number of carbonyl (C=O) groups is 2. The maximum absolute atomic E-state index is 13.2. The van der Waals surface area contributed by atoms with E-state index in [-0.39, 0.29) is 29.9 Å². The number of ether oxygens (including phenoxy) is 1. The second-order valence-corrected chi connectivity index (χ2v) is 8.27.